The molecule has 1 atom stereocenters. The number of hydrogen-bond donors (Lipinski definition) is 1. The molecule has 1 saturated heterocycles. The first kappa shape index (κ1) is 21.6. The van der Waals surface area contributed by atoms with E-state index in [-0.39, 0.29) is 35.1 Å². The lowest BCUT2D eigenvalue weighted by molar-refractivity contribution is -0.127. The van der Waals surface area contributed by atoms with Crippen LogP contribution in [-0.2, 0) is 4.79 Å². The standard InChI is InChI=1S/C22H20ClFN6O2/c1-2-19(31)29-7-3-5-16(12-29)30-22-20(21(25)26-13-27-22)18(28-30)6-4-8-32-17-10-14(23)9-15(24)11-17/h2,9-11,13,16H,1,3,5,7-8,12H2,(H2,25,26,27)/t16-/m1/s1. The highest BCUT2D eigenvalue weighted by atomic mass is 35.5. The van der Waals surface area contributed by atoms with Crippen molar-refractivity contribution in [2.75, 3.05) is 25.4 Å². The molecular weight excluding hydrogens is 435 g/mol. The molecule has 164 valence electrons. The monoisotopic (exact) mass is 454 g/mol. The Labute approximate surface area is 188 Å². The third-order valence-corrected chi connectivity index (χ3v) is 5.32. The maximum atomic E-state index is 13.4. The summed E-state index contributed by atoms with van der Waals surface area (Å²) < 4.78 is 20.6. The van der Waals surface area contributed by atoms with E-state index in [1.54, 1.807) is 9.58 Å². The zero-order valence-electron chi connectivity index (χ0n) is 17.1. The van der Waals surface area contributed by atoms with Crippen LogP contribution >= 0.6 is 11.6 Å². The highest BCUT2D eigenvalue weighted by Gasteiger charge is 2.27. The van der Waals surface area contributed by atoms with Gasteiger partial charge in [-0.25, -0.2) is 19.0 Å². The number of fused-ring (bicyclic) bond motifs is 1. The number of rotatable bonds is 4. The average molecular weight is 455 g/mol. The largest absolute Gasteiger partial charge is 0.481 e. The van der Waals surface area contributed by atoms with Crippen molar-refractivity contribution >= 4 is 34.4 Å². The molecule has 1 aliphatic rings. The van der Waals surface area contributed by atoms with Gasteiger partial charge in [-0.2, -0.15) is 5.10 Å². The van der Waals surface area contributed by atoms with Crippen molar-refractivity contribution in [3.63, 3.8) is 0 Å². The third-order valence-electron chi connectivity index (χ3n) is 5.10. The number of nitrogens with zero attached hydrogens (tertiary/aromatic N) is 5. The first-order chi connectivity index (χ1) is 15.5. The molecule has 0 spiro atoms. The molecule has 1 amide bonds. The Hall–Kier alpha value is -3.64. The number of ether oxygens (including phenoxy) is 1. The first-order valence-electron chi connectivity index (χ1n) is 9.94. The molecule has 0 radical (unpaired) electrons. The number of halogens is 2. The minimum atomic E-state index is -0.494. The van der Waals surface area contributed by atoms with E-state index < -0.39 is 5.82 Å². The van der Waals surface area contributed by atoms with Crippen molar-refractivity contribution in [1.29, 1.82) is 0 Å². The summed E-state index contributed by atoms with van der Waals surface area (Å²) in [6.07, 6.45) is 4.35. The predicted octanol–water partition coefficient (Wildman–Crippen LogP) is 2.98. The van der Waals surface area contributed by atoms with Gasteiger partial charge in [-0.15, -0.1) is 0 Å². The van der Waals surface area contributed by atoms with Crippen LogP contribution in [0.5, 0.6) is 5.75 Å². The van der Waals surface area contributed by atoms with Gasteiger partial charge in [0, 0.05) is 24.2 Å². The number of carbonyl (C=O) groups excluding carboxylic acids is 1. The minimum absolute atomic E-state index is 0.00717. The number of anilines is 1. The fraction of sp³-hybridized carbons (Fsp3) is 0.273. The molecular formula is C22H20ClFN6O2. The number of amides is 1. The molecule has 1 aliphatic heterocycles. The molecule has 3 heterocycles. The van der Waals surface area contributed by atoms with Gasteiger partial charge in [-0.1, -0.05) is 24.1 Å². The molecule has 1 aromatic carbocycles. The molecule has 10 heteroatoms. The molecule has 0 unspecified atom stereocenters. The molecule has 32 heavy (non-hydrogen) atoms. The van der Waals surface area contributed by atoms with Gasteiger partial charge in [-0.3, -0.25) is 4.79 Å². The molecule has 8 nitrogen and oxygen atoms in total. The zero-order chi connectivity index (χ0) is 22.7. The molecule has 4 rings (SSSR count). The number of aromatic nitrogens is 4. The van der Waals surface area contributed by atoms with Crippen molar-refractivity contribution in [3.05, 3.63) is 53.7 Å². The zero-order valence-corrected chi connectivity index (χ0v) is 17.8. The maximum absolute atomic E-state index is 13.4. The smallest absolute Gasteiger partial charge is 0.246 e. The van der Waals surface area contributed by atoms with Crippen LogP contribution in [0.3, 0.4) is 0 Å². The van der Waals surface area contributed by atoms with Crippen molar-refractivity contribution in [2.45, 2.75) is 18.9 Å². The third kappa shape index (κ3) is 4.50. The van der Waals surface area contributed by atoms with Crippen LogP contribution in [0.1, 0.15) is 24.6 Å². The molecule has 0 aliphatic carbocycles. The van der Waals surface area contributed by atoms with Gasteiger partial charge in [0.1, 0.15) is 36.0 Å². The number of nitrogen functional groups attached to an aromatic ring is 1. The summed E-state index contributed by atoms with van der Waals surface area (Å²) >= 11 is 5.83. The van der Waals surface area contributed by atoms with Crippen LogP contribution in [0.2, 0.25) is 5.02 Å². The Morgan fingerprint density at radius 1 is 1.41 bits per heavy atom. The predicted molar refractivity (Wildman–Crippen MR) is 119 cm³/mol. The van der Waals surface area contributed by atoms with E-state index in [0.29, 0.717) is 29.8 Å². The molecule has 3 aromatic rings. The summed E-state index contributed by atoms with van der Waals surface area (Å²) in [7, 11) is 0. The number of hydrogen-bond acceptors (Lipinski definition) is 6. The van der Waals surface area contributed by atoms with Crippen molar-refractivity contribution < 1.29 is 13.9 Å². The Balaban J connectivity index is 1.60. The van der Waals surface area contributed by atoms with Gasteiger partial charge in [0.25, 0.3) is 0 Å². The molecule has 2 aromatic heterocycles. The van der Waals surface area contributed by atoms with Gasteiger partial charge < -0.3 is 15.4 Å². The van der Waals surface area contributed by atoms with Crippen molar-refractivity contribution in [1.82, 2.24) is 24.6 Å². The summed E-state index contributed by atoms with van der Waals surface area (Å²) in [4.78, 5) is 22.2. The summed E-state index contributed by atoms with van der Waals surface area (Å²) in [6.45, 7) is 4.72. The van der Waals surface area contributed by atoms with Gasteiger partial charge in [0.15, 0.2) is 5.65 Å². The quantitative estimate of drug-likeness (QED) is 0.480. The second-order valence-corrected chi connectivity index (χ2v) is 7.67. The summed E-state index contributed by atoms with van der Waals surface area (Å²) in [6, 6.07) is 3.84. The lowest BCUT2D eigenvalue weighted by atomic mass is 10.1. The fourth-order valence-corrected chi connectivity index (χ4v) is 3.88. The van der Waals surface area contributed by atoms with E-state index in [1.807, 2.05) is 0 Å². The Kier molecular flexibility index (Phi) is 6.23. The van der Waals surface area contributed by atoms with Crippen molar-refractivity contribution in [2.24, 2.45) is 0 Å². The number of likely N-dealkylation sites (tertiary alicyclic amines) is 1. The Bertz CT molecular complexity index is 1230. The van der Waals surface area contributed by atoms with E-state index in [2.05, 4.69) is 33.5 Å². The molecule has 0 bridgehead atoms. The van der Waals surface area contributed by atoms with Gasteiger partial charge in [-0.05, 0) is 37.0 Å². The lowest BCUT2D eigenvalue weighted by Gasteiger charge is -2.32. The number of nitrogens with two attached hydrogens (primary N) is 1. The fourth-order valence-electron chi connectivity index (χ4n) is 3.67. The van der Waals surface area contributed by atoms with E-state index >= 15 is 0 Å². The van der Waals surface area contributed by atoms with Crippen molar-refractivity contribution in [3.8, 4) is 17.6 Å². The number of benzene rings is 1. The summed E-state index contributed by atoms with van der Waals surface area (Å²) in [5, 5.41) is 5.40. The topological polar surface area (TPSA) is 99.2 Å². The van der Waals surface area contributed by atoms with E-state index in [0.717, 1.165) is 12.8 Å². The van der Waals surface area contributed by atoms with Crippen LogP contribution < -0.4 is 10.5 Å². The van der Waals surface area contributed by atoms with Crippen LogP contribution in [-0.4, -0.2) is 50.3 Å². The van der Waals surface area contributed by atoms with Crippen LogP contribution in [0, 0.1) is 17.7 Å². The summed E-state index contributed by atoms with van der Waals surface area (Å²) in [5.74, 6) is 5.73. The second kappa shape index (κ2) is 9.24. The number of piperidine rings is 1. The normalized spacial score (nSPS) is 15.8. The second-order valence-electron chi connectivity index (χ2n) is 7.23. The average Bonchev–Trinajstić information content (AvgIpc) is 3.15. The first-order valence-corrected chi connectivity index (χ1v) is 10.3. The summed E-state index contributed by atoms with van der Waals surface area (Å²) in [5.41, 5.74) is 7.05. The highest BCUT2D eigenvalue weighted by molar-refractivity contribution is 6.30. The molecule has 2 N–H and O–H groups in total. The van der Waals surface area contributed by atoms with Gasteiger partial charge >= 0.3 is 0 Å². The van der Waals surface area contributed by atoms with E-state index in [9.17, 15) is 9.18 Å². The van der Waals surface area contributed by atoms with Gasteiger partial charge in [0.2, 0.25) is 5.91 Å². The Morgan fingerprint density at radius 2 is 2.25 bits per heavy atom. The van der Waals surface area contributed by atoms with Crippen LogP contribution in [0.4, 0.5) is 10.2 Å². The van der Waals surface area contributed by atoms with Crippen LogP contribution in [0.25, 0.3) is 11.0 Å². The van der Waals surface area contributed by atoms with Crippen LogP contribution in [0.15, 0.2) is 37.2 Å². The SMILES string of the molecule is C=CC(=O)N1CCC[C@@H](n2nc(C#CCOc3cc(F)cc(Cl)c3)c3c(N)ncnc32)C1. The molecule has 1 fully saturated rings. The number of carbonyl (C=O) groups is 1. The van der Waals surface area contributed by atoms with E-state index in [1.165, 1.54) is 30.6 Å². The highest BCUT2D eigenvalue weighted by Crippen LogP contribution is 2.28. The maximum Gasteiger partial charge on any atom is 0.246 e. The van der Waals surface area contributed by atoms with Gasteiger partial charge in [0.05, 0.1) is 11.4 Å². The minimum Gasteiger partial charge on any atom is -0.481 e. The molecule has 0 saturated carbocycles. The van der Waals surface area contributed by atoms with E-state index in [4.69, 9.17) is 22.1 Å². The lowest BCUT2D eigenvalue weighted by Crippen LogP contribution is -2.40. The Morgan fingerprint density at radius 3 is 3.03 bits per heavy atom.